The third kappa shape index (κ3) is 5.19. The number of aryl methyl sites for hydroxylation is 2. The molecular formula is C26H28N2O6S. The predicted molar refractivity (Wildman–Crippen MR) is 134 cm³/mol. The van der Waals surface area contributed by atoms with Gasteiger partial charge in [0.25, 0.3) is 15.9 Å². The van der Waals surface area contributed by atoms with Gasteiger partial charge >= 0.3 is 0 Å². The summed E-state index contributed by atoms with van der Waals surface area (Å²) < 4.78 is 44.4. The summed E-state index contributed by atoms with van der Waals surface area (Å²) in [6.07, 6.45) is 1.63. The van der Waals surface area contributed by atoms with Gasteiger partial charge in [-0.25, -0.2) is 8.42 Å². The quantitative estimate of drug-likeness (QED) is 0.503. The van der Waals surface area contributed by atoms with Crippen LogP contribution >= 0.6 is 0 Å². The fourth-order valence-electron chi connectivity index (χ4n) is 4.06. The number of rotatable bonds is 8. The highest BCUT2D eigenvalue weighted by Crippen LogP contribution is 2.33. The van der Waals surface area contributed by atoms with Crippen LogP contribution < -0.4 is 23.8 Å². The fourth-order valence-corrected chi connectivity index (χ4v) is 5.69. The Labute approximate surface area is 205 Å². The van der Waals surface area contributed by atoms with E-state index < -0.39 is 15.9 Å². The Morgan fingerprint density at radius 1 is 1.00 bits per heavy atom. The maximum absolute atomic E-state index is 13.4. The Balaban J connectivity index is 1.46. The summed E-state index contributed by atoms with van der Waals surface area (Å²) in [6, 6.07) is 17.3. The van der Waals surface area contributed by atoms with Gasteiger partial charge in [0.1, 0.15) is 17.2 Å². The monoisotopic (exact) mass is 496 g/mol. The second-order valence-corrected chi connectivity index (χ2v) is 10.0. The highest BCUT2D eigenvalue weighted by Gasteiger charge is 2.29. The minimum atomic E-state index is -3.73. The number of para-hydroxylation sites is 1. The van der Waals surface area contributed by atoms with E-state index in [-0.39, 0.29) is 11.5 Å². The number of methoxy groups -OCH3 is 2. The second-order valence-electron chi connectivity index (χ2n) is 8.14. The number of sulfonamides is 1. The van der Waals surface area contributed by atoms with Crippen LogP contribution in [-0.4, -0.2) is 41.7 Å². The van der Waals surface area contributed by atoms with Crippen LogP contribution in [0.4, 0.5) is 11.4 Å². The molecule has 184 valence electrons. The molecule has 9 heteroatoms. The summed E-state index contributed by atoms with van der Waals surface area (Å²) in [7, 11) is -0.684. The van der Waals surface area contributed by atoms with Gasteiger partial charge in [-0.1, -0.05) is 18.2 Å². The lowest BCUT2D eigenvalue weighted by atomic mass is 10.0. The Hall–Kier alpha value is -3.72. The number of amides is 1. The number of carbonyl (C=O) groups is 1. The van der Waals surface area contributed by atoms with E-state index >= 15 is 0 Å². The van der Waals surface area contributed by atoms with Crippen molar-refractivity contribution >= 4 is 27.3 Å². The Kier molecular flexibility index (Phi) is 7.16. The van der Waals surface area contributed by atoms with E-state index in [9.17, 15) is 13.2 Å². The maximum atomic E-state index is 13.4. The number of nitrogens with one attached hydrogen (secondary N) is 1. The molecule has 1 aliphatic rings. The van der Waals surface area contributed by atoms with Crippen molar-refractivity contribution in [1.29, 1.82) is 0 Å². The summed E-state index contributed by atoms with van der Waals surface area (Å²) >= 11 is 0. The van der Waals surface area contributed by atoms with Crippen LogP contribution in [-0.2, 0) is 21.2 Å². The molecule has 1 heterocycles. The number of ether oxygens (including phenoxy) is 3. The molecule has 0 saturated heterocycles. The highest BCUT2D eigenvalue weighted by molar-refractivity contribution is 7.92. The van der Waals surface area contributed by atoms with Crippen molar-refractivity contribution in [2.24, 2.45) is 0 Å². The zero-order valence-corrected chi connectivity index (χ0v) is 20.7. The molecule has 0 aliphatic carbocycles. The predicted octanol–water partition coefficient (Wildman–Crippen LogP) is 4.17. The number of benzene rings is 3. The summed E-state index contributed by atoms with van der Waals surface area (Å²) in [5, 5.41) is 2.74. The van der Waals surface area contributed by atoms with Crippen molar-refractivity contribution < 1.29 is 27.4 Å². The number of fused-ring (bicyclic) bond motifs is 1. The third-order valence-corrected chi connectivity index (χ3v) is 7.65. The molecule has 0 saturated carbocycles. The maximum Gasteiger partial charge on any atom is 0.264 e. The molecule has 1 N–H and O–H groups in total. The highest BCUT2D eigenvalue weighted by atomic mass is 32.2. The van der Waals surface area contributed by atoms with E-state index in [0.717, 1.165) is 24.1 Å². The van der Waals surface area contributed by atoms with Crippen LogP contribution in [0, 0.1) is 6.92 Å². The van der Waals surface area contributed by atoms with Crippen molar-refractivity contribution in [3.05, 3.63) is 71.8 Å². The van der Waals surface area contributed by atoms with Gasteiger partial charge in [0.05, 0.1) is 30.5 Å². The topological polar surface area (TPSA) is 94.2 Å². The Bertz CT molecular complexity index is 1340. The molecule has 1 aliphatic heterocycles. The van der Waals surface area contributed by atoms with Gasteiger partial charge in [0, 0.05) is 12.6 Å². The molecule has 0 atom stereocenters. The van der Waals surface area contributed by atoms with Gasteiger partial charge in [-0.3, -0.25) is 9.10 Å². The average molecular weight is 497 g/mol. The third-order valence-electron chi connectivity index (χ3n) is 5.84. The van der Waals surface area contributed by atoms with Crippen molar-refractivity contribution in [2.45, 2.75) is 24.7 Å². The van der Waals surface area contributed by atoms with Gasteiger partial charge in [0.15, 0.2) is 6.61 Å². The molecule has 3 aromatic carbocycles. The van der Waals surface area contributed by atoms with E-state index in [1.54, 1.807) is 37.3 Å². The molecular weight excluding hydrogens is 468 g/mol. The second kappa shape index (κ2) is 10.3. The van der Waals surface area contributed by atoms with E-state index in [2.05, 4.69) is 5.32 Å². The first-order valence-corrected chi connectivity index (χ1v) is 12.6. The Morgan fingerprint density at radius 2 is 1.77 bits per heavy atom. The molecule has 0 radical (unpaired) electrons. The lowest BCUT2D eigenvalue weighted by Crippen LogP contribution is -2.35. The molecule has 0 aromatic heterocycles. The van der Waals surface area contributed by atoms with Crippen LogP contribution in [0.25, 0.3) is 0 Å². The number of anilines is 2. The summed E-state index contributed by atoms with van der Waals surface area (Å²) in [4.78, 5) is 12.7. The average Bonchev–Trinajstić information content (AvgIpc) is 2.87. The van der Waals surface area contributed by atoms with Crippen molar-refractivity contribution in [3.63, 3.8) is 0 Å². The van der Waals surface area contributed by atoms with Crippen molar-refractivity contribution in [1.82, 2.24) is 0 Å². The first-order chi connectivity index (χ1) is 16.8. The lowest BCUT2D eigenvalue weighted by molar-refractivity contribution is -0.118. The van der Waals surface area contributed by atoms with E-state index in [0.29, 0.717) is 35.0 Å². The molecule has 0 bridgehead atoms. The summed E-state index contributed by atoms with van der Waals surface area (Å²) in [5.41, 5.74) is 2.82. The number of nitrogens with zero attached hydrogens (tertiary/aromatic N) is 1. The number of hydrogen-bond donors (Lipinski definition) is 1. The molecule has 35 heavy (non-hydrogen) atoms. The van der Waals surface area contributed by atoms with E-state index in [4.69, 9.17) is 14.2 Å². The molecule has 1 amide bonds. The number of hydrogen-bond acceptors (Lipinski definition) is 6. The normalized spacial score (nSPS) is 13.1. The molecule has 4 rings (SSSR count). The minimum absolute atomic E-state index is 0.185. The van der Waals surface area contributed by atoms with Crippen LogP contribution in [0.1, 0.15) is 17.5 Å². The first kappa shape index (κ1) is 24.4. The van der Waals surface area contributed by atoms with Crippen LogP contribution in [0.5, 0.6) is 17.2 Å². The summed E-state index contributed by atoms with van der Waals surface area (Å²) in [6.45, 7) is 1.93. The van der Waals surface area contributed by atoms with E-state index in [1.165, 1.54) is 24.6 Å². The fraction of sp³-hybridized carbons (Fsp3) is 0.269. The zero-order chi connectivity index (χ0) is 25.0. The number of carbonyl (C=O) groups excluding carboxylic acids is 1. The largest absolute Gasteiger partial charge is 0.497 e. The smallest absolute Gasteiger partial charge is 0.264 e. The van der Waals surface area contributed by atoms with Crippen LogP contribution in [0.2, 0.25) is 0 Å². The summed E-state index contributed by atoms with van der Waals surface area (Å²) in [5.74, 6) is 1.10. The zero-order valence-electron chi connectivity index (χ0n) is 19.9. The molecule has 0 spiro atoms. The minimum Gasteiger partial charge on any atom is -0.497 e. The lowest BCUT2D eigenvalue weighted by Gasteiger charge is -2.30. The standard InChI is InChI=1S/C26H28N2O6S/c1-18-15-21(35(30,31)28-14-6-8-19-7-4-5-9-23(19)28)11-13-24(18)34-17-26(29)27-22-16-20(32-2)10-12-25(22)33-3/h4-5,7,9-13,15-16H,6,8,14,17H2,1-3H3,(H,27,29). The van der Waals surface area contributed by atoms with Gasteiger partial charge in [-0.15, -0.1) is 0 Å². The molecule has 0 fully saturated rings. The van der Waals surface area contributed by atoms with Crippen LogP contribution in [0.15, 0.2) is 65.6 Å². The Morgan fingerprint density at radius 3 is 2.51 bits per heavy atom. The molecule has 3 aromatic rings. The molecule has 8 nitrogen and oxygen atoms in total. The SMILES string of the molecule is COc1ccc(OC)c(NC(=O)COc2ccc(S(=O)(=O)N3CCCc4ccccc43)cc2C)c1. The van der Waals surface area contributed by atoms with Crippen LogP contribution in [0.3, 0.4) is 0 Å². The van der Waals surface area contributed by atoms with Gasteiger partial charge in [-0.05, 0) is 67.3 Å². The van der Waals surface area contributed by atoms with Gasteiger partial charge < -0.3 is 19.5 Å². The molecule has 0 unspecified atom stereocenters. The van der Waals surface area contributed by atoms with Crippen molar-refractivity contribution in [2.75, 3.05) is 37.0 Å². The first-order valence-electron chi connectivity index (χ1n) is 11.2. The van der Waals surface area contributed by atoms with E-state index in [1.807, 2.05) is 24.3 Å². The van der Waals surface area contributed by atoms with Gasteiger partial charge in [0.2, 0.25) is 0 Å². The van der Waals surface area contributed by atoms with Gasteiger partial charge in [-0.2, -0.15) is 0 Å². The van der Waals surface area contributed by atoms with Crippen molar-refractivity contribution in [3.8, 4) is 17.2 Å².